The van der Waals surface area contributed by atoms with E-state index in [9.17, 15) is 4.39 Å². The van der Waals surface area contributed by atoms with Gasteiger partial charge in [0.15, 0.2) is 0 Å². The van der Waals surface area contributed by atoms with Crippen LogP contribution in [-0.4, -0.2) is 6.61 Å². The summed E-state index contributed by atoms with van der Waals surface area (Å²) >= 11 is 6.96. The van der Waals surface area contributed by atoms with Crippen LogP contribution < -0.4 is 4.74 Å². The van der Waals surface area contributed by atoms with Crippen molar-refractivity contribution in [2.45, 2.75) is 11.2 Å². The van der Waals surface area contributed by atoms with Crippen LogP contribution in [0.3, 0.4) is 0 Å². The standard InChI is InChI=1S/C15H11Br2FO/c16-14(11-2-1-3-12(18)15(11)17)10-4-5-13-9(8-10)6-7-19-13/h1-5,8,14H,6-7H2. The van der Waals surface area contributed by atoms with Gasteiger partial charge in [0.05, 0.1) is 15.9 Å². The molecule has 0 bridgehead atoms. The zero-order chi connectivity index (χ0) is 13.4. The SMILES string of the molecule is Fc1cccc(C(Br)c2ccc3c(c2)CCO3)c1Br. The second-order valence-corrected chi connectivity index (χ2v) is 6.18. The van der Waals surface area contributed by atoms with Crippen LogP contribution in [0.2, 0.25) is 0 Å². The molecule has 1 unspecified atom stereocenters. The fourth-order valence-electron chi connectivity index (χ4n) is 2.26. The third-order valence-electron chi connectivity index (χ3n) is 3.26. The van der Waals surface area contributed by atoms with Crippen LogP contribution in [0.1, 0.15) is 21.5 Å². The maximum Gasteiger partial charge on any atom is 0.137 e. The summed E-state index contributed by atoms with van der Waals surface area (Å²) in [5, 5.41) is 0. The van der Waals surface area contributed by atoms with Gasteiger partial charge in [-0.25, -0.2) is 4.39 Å². The van der Waals surface area contributed by atoms with Crippen molar-refractivity contribution >= 4 is 31.9 Å². The lowest BCUT2D eigenvalue weighted by Gasteiger charge is -2.14. The van der Waals surface area contributed by atoms with Crippen molar-refractivity contribution in [1.29, 1.82) is 0 Å². The Hall–Kier alpha value is -0.870. The molecular weight excluding hydrogens is 375 g/mol. The lowest BCUT2D eigenvalue weighted by atomic mass is 10.0. The summed E-state index contributed by atoms with van der Waals surface area (Å²) in [6.45, 7) is 0.745. The monoisotopic (exact) mass is 384 g/mol. The molecule has 0 aliphatic carbocycles. The highest BCUT2D eigenvalue weighted by atomic mass is 79.9. The number of halogens is 3. The minimum Gasteiger partial charge on any atom is -0.493 e. The molecule has 2 aromatic carbocycles. The van der Waals surface area contributed by atoms with Gasteiger partial charge in [0.2, 0.25) is 0 Å². The van der Waals surface area contributed by atoms with Gasteiger partial charge in [-0.15, -0.1) is 0 Å². The van der Waals surface area contributed by atoms with Crippen molar-refractivity contribution in [3.63, 3.8) is 0 Å². The highest BCUT2D eigenvalue weighted by Crippen LogP contribution is 2.38. The van der Waals surface area contributed by atoms with Gasteiger partial charge in [0, 0.05) is 6.42 Å². The molecule has 0 saturated heterocycles. The summed E-state index contributed by atoms with van der Waals surface area (Å²) in [6.07, 6.45) is 0.938. The zero-order valence-electron chi connectivity index (χ0n) is 10.00. The molecule has 0 aromatic heterocycles. The van der Waals surface area contributed by atoms with Crippen molar-refractivity contribution in [2.24, 2.45) is 0 Å². The van der Waals surface area contributed by atoms with E-state index in [4.69, 9.17) is 4.74 Å². The molecule has 4 heteroatoms. The predicted molar refractivity (Wildman–Crippen MR) is 80.5 cm³/mol. The molecule has 2 aromatic rings. The Morgan fingerprint density at radius 1 is 1.21 bits per heavy atom. The summed E-state index contributed by atoms with van der Waals surface area (Å²) in [5.74, 6) is 0.716. The Kier molecular flexibility index (Phi) is 3.63. The van der Waals surface area contributed by atoms with Gasteiger partial charge >= 0.3 is 0 Å². The first-order valence-corrected chi connectivity index (χ1v) is 7.71. The number of alkyl halides is 1. The third-order valence-corrected chi connectivity index (χ3v) is 5.12. The number of ether oxygens (including phenoxy) is 1. The Bertz CT molecular complexity index is 628. The van der Waals surface area contributed by atoms with Gasteiger partial charge in [0.1, 0.15) is 11.6 Å². The zero-order valence-corrected chi connectivity index (χ0v) is 13.2. The first kappa shape index (κ1) is 13.1. The van der Waals surface area contributed by atoms with E-state index in [0.717, 1.165) is 29.9 Å². The molecule has 1 nitrogen and oxygen atoms in total. The smallest absolute Gasteiger partial charge is 0.137 e. The number of benzene rings is 2. The second kappa shape index (κ2) is 5.25. The number of hydrogen-bond donors (Lipinski definition) is 0. The molecule has 1 heterocycles. The molecule has 0 fully saturated rings. The Morgan fingerprint density at radius 2 is 2.05 bits per heavy atom. The minimum atomic E-state index is -0.244. The van der Waals surface area contributed by atoms with Gasteiger partial charge in [-0.05, 0) is 44.8 Å². The fourth-order valence-corrected chi connectivity index (χ4v) is 3.73. The van der Waals surface area contributed by atoms with Crippen molar-refractivity contribution < 1.29 is 9.13 Å². The van der Waals surface area contributed by atoms with E-state index in [0.29, 0.717) is 4.47 Å². The largest absolute Gasteiger partial charge is 0.493 e. The van der Waals surface area contributed by atoms with Gasteiger partial charge < -0.3 is 4.74 Å². The van der Waals surface area contributed by atoms with Crippen molar-refractivity contribution in [1.82, 2.24) is 0 Å². The summed E-state index contributed by atoms with van der Waals surface area (Å²) in [4.78, 5) is -0.0384. The van der Waals surface area contributed by atoms with E-state index < -0.39 is 0 Å². The molecule has 98 valence electrons. The number of rotatable bonds is 2. The highest BCUT2D eigenvalue weighted by molar-refractivity contribution is 9.11. The van der Waals surface area contributed by atoms with Crippen LogP contribution in [0.5, 0.6) is 5.75 Å². The summed E-state index contributed by atoms with van der Waals surface area (Å²) in [5.41, 5.74) is 3.21. The second-order valence-electron chi connectivity index (χ2n) is 4.47. The van der Waals surface area contributed by atoms with Crippen molar-refractivity contribution in [2.75, 3.05) is 6.61 Å². The maximum absolute atomic E-state index is 13.6. The first-order valence-electron chi connectivity index (χ1n) is 6.00. The molecule has 1 atom stereocenters. The van der Waals surface area contributed by atoms with Crippen LogP contribution in [0.25, 0.3) is 0 Å². The van der Waals surface area contributed by atoms with Crippen molar-refractivity contribution in [3.05, 3.63) is 63.4 Å². The Morgan fingerprint density at radius 3 is 2.89 bits per heavy atom. The molecular formula is C15H11Br2FO. The van der Waals surface area contributed by atoms with Crippen LogP contribution in [0.15, 0.2) is 40.9 Å². The van der Waals surface area contributed by atoms with E-state index in [1.807, 2.05) is 18.2 Å². The maximum atomic E-state index is 13.6. The molecule has 1 aliphatic heterocycles. The topological polar surface area (TPSA) is 9.23 Å². The summed E-state index contributed by atoms with van der Waals surface area (Å²) in [7, 11) is 0. The predicted octanol–water partition coefficient (Wildman–Crippen LogP) is 5.01. The molecule has 1 aliphatic rings. The van der Waals surface area contributed by atoms with Gasteiger partial charge in [0.25, 0.3) is 0 Å². The lowest BCUT2D eigenvalue weighted by molar-refractivity contribution is 0.357. The molecule has 0 saturated carbocycles. The van der Waals surface area contributed by atoms with E-state index in [2.05, 4.69) is 37.9 Å². The minimum absolute atomic E-state index is 0.0384. The van der Waals surface area contributed by atoms with Crippen molar-refractivity contribution in [3.8, 4) is 5.75 Å². The van der Waals surface area contributed by atoms with Gasteiger partial charge in [-0.3, -0.25) is 0 Å². The molecule has 0 N–H and O–H groups in total. The van der Waals surface area contributed by atoms with Crippen LogP contribution in [0, 0.1) is 5.82 Å². The lowest BCUT2D eigenvalue weighted by Crippen LogP contribution is -1.96. The number of fused-ring (bicyclic) bond motifs is 1. The van der Waals surface area contributed by atoms with E-state index in [-0.39, 0.29) is 10.6 Å². The molecule has 3 rings (SSSR count). The molecule has 0 spiro atoms. The quantitative estimate of drug-likeness (QED) is 0.660. The number of hydrogen-bond acceptors (Lipinski definition) is 1. The first-order chi connectivity index (χ1) is 9.16. The van der Waals surface area contributed by atoms with Crippen LogP contribution in [-0.2, 0) is 6.42 Å². The average Bonchev–Trinajstić information content (AvgIpc) is 2.88. The van der Waals surface area contributed by atoms with Crippen LogP contribution >= 0.6 is 31.9 Å². The summed E-state index contributed by atoms with van der Waals surface area (Å²) < 4.78 is 19.6. The van der Waals surface area contributed by atoms with Gasteiger partial charge in [-0.2, -0.15) is 0 Å². The van der Waals surface area contributed by atoms with Gasteiger partial charge in [-0.1, -0.05) is 40.2 Å². The Balaban J connectivity index is 2.00. The molecule has 0 radical (unpaired) electrons. The van der Waals surface area contributed by atoms with E-state index >= 15 is 0 Å². The van der Waals surface area contributed by atoms with E-state index in [1.165, 1.54) is 11.6 Å². The van der Waals surface area contributed by atoms with Crippen LogP contribution in [0.4, 0.5) is 4.39 Å². The molecule has 0 amide bonds. The normalized spacial score (nSPS) is 14.9. The van der Waals surface area contributed by atoms with E-state index in [1.54, 1.807) is 6.07 Å². The summed E-state index contributed by atoms with van der Waals surface area (Å²) in [6, 6.07) is 11.2. The fraction of sp³-hybridized carbons (Fsp3) is 0.200. The highest BCUT2D eigenvalue weighted by Gasteiger charge is 2.19. The molecule has 19 heavy (non-hydrogen) atoms. The average molecular weight is 386 g/mol. The Labute approximate surface area is 128 Å². The third kappa shape index (κ3) is 2.43.